The summed E-state index contributed by atoms with van der Waals surface area (Å²) in [6, 6.07) is 29.3. The number of rotatable bonds is 2. The summed E-state index contributed by atoms with van der Waals surface area (Å²) in [5.41, 5.74) is 20.0. The van der Waals surface area contributed by atoms with Gasteiger partial charge in [0, 0.05) is 5.41 Å². The standard InChI is InChI=1S/C31H37.C13H8F2.C10H15.2ClH.Zr/c1-28(2,3)26-16-30(7,8)24-12-18-11-19-13-25-23(15-21(19)20(18)14-22(24)26)27(29(4,5)6)17-31(25,9)10;14-12-5-1-10(2-6-12)9-11-3-7-13(15)8-4-11;1-8-5-6-9(7-8)10(2,3)4;;;/h12-16H,11H2,1-10H3;1-8H;5-7H,1-4H3;2*1H;/q-1;;-1;;;+2/p-2. The molecule has 0 atom stereocenters. The zero-order valence-corrected chi connectivity index (χ0v) is 41.4. The SMILES string of the molecule is CC(C)(C)C1=[C-]C(C)(C)c2cc3c(cc21)-c1cc2c(cc1C3)C(C)(C)C=C2C(C)(C)C.Cc1cc(C(C)(C)C)c[cH-]1.Fc1ccc([C](=[Zr+2])c2ccc(F)cc2)cc1.[Cl-].[Cl-]. The van der Waals surface area contributed by atoms with E-state index in [0.29, 0.717) is 5.41 Å². The van der Waals surface area contributed by atoms with E-state index in [1.165, 1.54) is 115 Å². The fraction of sp³-hybridized carbons (Fsp3) is 0.370. The maximum absolute atomic E-state index is 12.8. The maximum Gasteiger partial charge on any atom is -1.00 e. The second-order valence-electron chi connectivity index (χ2n) is 20.5. The van der Waals surface area contributed by atoms with Crippen molar-refractivity contribution < 1.29 is 57.8 Å². The van der Waals surface area contributed by atoms with Gasteiger partial charge in [-0.2, -0.15) is 28.8 Å². The van der Waals surface area contributed by atoms with Crippen molar-refractivity contribution in [3.8, 4) is 11.1 Å². The normalized spacial score (nSPS) is 15.4. The molecule has 310 valence electrons. The molecule has 0 aliphatic heterocycles. The zero-order chi connectivity index (χ0) is 42.0. The average Bonchev–Trinajstić information content (AvgIpc) is 3.84. The first-order valence-electron chi connectivity index (χ1n) is 20.4. The third kappa shape index (κ3) is 10.3. The summed E-state index contributed by atoms with van der Waals surface area (Å²) in [5, 5.41) is 0. The molecule has 0 fully saturated rings. The second-order valence-corrected chi connectivity index (χ2v) is 21.7. The van der Waals surface area contributed by atoms with Gasteiger partial charge in [-0.1, -0.05) is 126 Å². The van der Waals surface area contributed by atoms with Crippen LogP contribution >= 0.6 is 0 Å². The van der Waals surface area contributed by atoms with Crippen LogP contribution < -0.4 is 24.8 Å². The van der Waals surface area contributed by atoms with Gasteiger partial charge < -0.3 is 24.8 Å². The van der Waals surface area contributed by atoms with Crippen molar-refractivity contribution in [2.45, 2.75) is 120 Å². The van der Waals surface area contributed by atoms with Gasteiger partial charge in [0.15, 0.2) is 0 Å². The first-order chi connectivity index (χ1) is 26.3. The van der Waals surface area contributed by atoms with Crippen LogP contribution in [0.25, 0.3) is 22.3 Å². The van der Waals surface area contributed by atoms with Gasteiger partial charge in [-0.05, 0) is 62.3 Å². The molecule has 3 aliphatic rings. The monoisotopic (exact) mass is 906 g/mol. The Labute approximate surface area is 381 Å². The molecule has 0 spiro atoms. The number of fused-ring (bicyclic) bond motifs is 5. The quantitative estimate of drug-likeness (QED) is 0.153. The Hall–Kier alpha value is -3.10. The van der Waals surface area contributed by atoms with Crippen molar-refractivity contribution in [3.63, 3.8) is 0 Å². The fourth-order valence-electron chi connectivity index (χ4n) is 8.37. The smallest absolute Gasteiger partial charge is 1.00 e. The predicted molar refractivity (Wildman–Crippen MR) is 236 cm³/mol. The van der Waals surface area contributed by atoms with Gasteiger partial charge in [-0.3, -0.25) is 6.08 Å². The van der Waals surface area contributed by atoms with E-state index < -0.39 is 0 Å². The molecular formula is C54H60Cl2F2Zr-2. The minimum absolute atomic E-state index is 0. The molecule has 5 aromatic carbocycles. The third-order valence-electron chi connectivity index (χ3n) is 11.6. The van der Waals surface area contributed by atoms with E-state index in [1.54, 1.807) is 24.3 Å². The second kappa shape index (κ2) is 17.3. The molecule has 0 N–H and O–H groups in total. The molecule has 0 heterocycles. The van der Waals surface area contributed by atoms with Crippen LogP contribution in [0.15, 0.2) is 97.1 Å². The van der Waals surface area contributed by atoms with Gasteiger partial charge in [0.1, 0.15) is 0 Å². The van der Waals surface area contributed by atoms with E-state index >= 15 is 0 Å². The molecule has 8 rings (SSSR count). The number of benzene rings is 4. The van der Waals surface area contributed by atoms with Crippen molar-refractivity contribution in [2.24, 2.45) is 10.8 Å². The first-order valence-corrected chi connectivity index (χ1v) is 21.6. The van der Waals surface area contributed by atoms with Crippen molar-refractivity contribution in [3.05, 3.63) is 170 Å². The number of hydrogen-bond donors (Lipinski definition) is 0. The summed E-state index contributed by atoms with van der Waals surface area (Å²) >= 11 is 1.22. The van der Waals surface area contributed by atoms with E-state index in [9.17, 15) is 8.78 Å². The Morgan fingerprint density at radius 3 is 1.51 bits per heavy atom. The molecule has 0 bridgehead atoms. The molecule has 0 amide bonds. The van der Waals surface area contributed by atoms with Crippen molar-refractivity contribution in [1.29, 1.82) is 0 Å². The predicted octanol–water partition coefficient (Wildman–Crippen LogP) is 8.60. The van der Waals surface area contributed by atoms with E-state index in [-0.39, 0.29) is 58.1 Å². The Balaban J connectivity index is 0.000000229. The zero-order valence-electron chi connectivity index (χ0n) is 37.5. The summed E-state index contributed by atoms with van der Waals surface area (Å²) in [6.45, 7) is 32.2. The molecule has 5 heteroatoms. The molecule has 59 heavy (non-hydrogen) atoms. The topological polar surface area (TPSA) is 0 Å². The maximum atomic E-state index is 12.8. The number of aryl methyl sites for hydroxylation is 1. The molecule has 5 aromatic rings. The van der Waals surface area contributed by atoms with Gasteiger partial charge in [-0.15, -0.1) is 11.6 Å². The van der Waals surface area contributed by atoms with Crippen molar-refractivity contribution in [2.75, 3.05) is 0 Å². The molecule has 0 aromatic heterocycles. The molecule has 0 saturated carbocycles. The molecule has 0 nitrogen and oxygen atoms in total. The van der Waals surface area contributed by atoms with E-state index in [2.05, 4.69) is 152 Å². The van der Waals surface area contributed by atoms with Gasteiger partial charge in [0.25, 0.3) is 0 Å². The Kier molecular flexibility index (Phi) is 14.3. The number of halogens is 4. The largest absolute Gasteiger partial charge is 1.00 e. The van der Waals surface area contributed by atoms with Crippen LogP contribution in [-0.4, -0.2) is 3.21 Å². The third-order valence-corrected chi connectivity index (χ3v) is 13.0. The van der Waals surface area contributed by atoms with Crippen molar-refractivity contribution >= 4 is 14.4 Å². The molecule has 0 unspecified atom stereocenters. The summed E-state index contributed by atoms with van der Waals surface area (Å²) in [4.78, 5) is 0. The van der Waals surface area contributed by atoms with Crippen LogP contribution in [0.4, 0.5) is 8.78 Å². The number of hydrogen-bond acceptors (Lipinski definition) is 0. The fourth-order valence-corrected chi connectivity index (χ4v) is 9.19. The summed E-state index contributed by atoms with van der Waals surface area (Å²) in [7, 11) is 0. The number of allylic oxidation sites excluding steroid dienone is 4. The molecular weight excluding hydrogens is 849 g/mol. The van der Waals surface area contributed by atoms with Crippen LogP contribution in [0.2, 0.25) is 0 Å². The van der Waals surface area contributed by atoms with Crippen LogP contribution in [0.5, 0.6) is 0 Å². The van der Waals surface area contributed by atoms with Crippen LogP contribution in [0, 0.1) is 35.5 Å². The van der Waals surface area contributed by atoms with Gasteiger partial charge in [0.2, 0.25) is 0 Å². The van der Waals surface area contributed by atoms with Gasteiger partial charge >= 0.3 is 108 Å². The van der Waals surface area contributed by atoms with Crippen molar-refractivity contribution in [1.82, 2.24) is 0 Å². The minimum Gasteiger partial charge on any atom is -1.00 e. The molecule has 0 saturated heterocycles. The molecule has 3 aliphatic carbocycles. The van der Waals surface area contributed by atoms with Gasteiger partial charge in [-0.25, -0.2) is 11.6 Å². The average molecular weight is 909 g/mol. The molecule has 0 radical (unpaired) electrons. The summed E-state index contributed by atoms with van der Waals surface area (Å²) in [6.07, 6.45) is 7.41. The summed E-state index contributed by atoms with van der Waals surface area (Å²) in [5.74, 6) is -0.488. The van der Waals surface area contributed by atoms with Crippen LogP contribution in [0.1, 0.15) is 146 Å². The summed E-state index contributed by atoms with van der Waals surface area (Å²) < 4.78 is 26.6. The Morgan fingerprint density at radius 1 is 0.627 bits per heavy atom. The van der Waals surface area contributed by atoms with E-state index in [4.69, 9.17) is 0 Å². The van der Waals surface area contributed by atoms with E-state index in [0.717, 1.165) is 20.8 Å². The Bertz CT molecular complexity index is 2260. The minimum atomic E-state index is -0.244. The van der Waals surface area contributed by atoms with Gasteiger partial charge in [0.05, 0.1) is 0 Å². The Morgan fingerprint density at radius 2 is 1.10 bits per heavy atom. The first kappa shape index (κ1) is 48.6. The van der Waals surface area contributed by atoms with Crippen LogP contribution in [-0.2, 0) is 46.9 Å². The van der Waals surface area contributed by atoms with E-state index in [1.807, 2.05) is 0 Å². The van der Waals surface area contributed by atoms with Crippen LogP contribution in [0.3, 0.4) is 0 Å².